The van der Waals surface area contributed by atoms with Crippen molar-refractivity contribution in [2.24, 2.45) is 0 Å². The lowest BCUT2D eigenvalue weighted by atomic mass is 9.98. The van der Waals surface area contributed by atoms with Crippen molar-refractivity contribution in [3.05, 3.63) is 47.6 Å². The smallest absolute Gasteiger partial charge is 0.00948 e. The molecule has 13 heavy (non-hydrogen) atoms. The molecule has 0 saturated carbocycles. The molecule has 0 heteroatoms. The molecule has 0 amide bonds. The molecule has 70 valence electrons. The molecule has 0 aromatic rings. The van der Waals surface area contributed by atoms with E-state index in [2.05, 4.69) is 44.7 Å². The van der Waals surface area contributed by atoms with E-state index in [0.717, 1.165) is 19.3 Å². The first-order valence-electron chi connectivity index (χ1n) is 4.93. The quantitative estimate of drug-likeness (QED) is 0.551. The van der Waals surface area contributed by atoms with E-state index in [9.17, 15) is 0 Å². The summed E-state index contributed by atoms with van der Waals surface area (Å²) in [5.74, 6) is 0. The van der Waals surface area contributed by atoms with E-state index in [1.165, 1.54) is 16.7 Å². The molecule has 0 unspecified atom stereocenters. The van der Waals surface area contributed by atoms with Gasteiger partial charge in [0.25, 0.3) is 0 Å². The van der Waals surface area contributed by atoms with Crippen LogP contribution in [0.3, 0.4) is 0 Å². The van der Waals surface area contributed by atoms with Crippen molar-refractivity contribution in [2.45, 2.75) is 33.1 Å². The van der Waals surface area contributed by atoms with Gasteiger partial charge in [0.2, 0.25) is 0 Å². The lowest BCUT2D eigenvalue weighted by Gasteiger charge is -2.07. The summed E-state index contributed by atoms with van der Waals surface area (Å²) in [6.45, 7) is 8.38. The van der Waals surface area contributed by atoms with E-state index >= 15 is 0 Å². The molecule has 0 fully saturated rings. The highest BCUT2D eigenvalue weighted by molar-refractivity contribution is 5.35. The van der Waals surface area contributed by atoms with E-state index < -0.39 is 0 Å². The van der Waals surface area contributed by atoms with Crippen LogP contribution in [0.4, 0.5) is 0 Å². The predicted octanol–water partition coefficient (Wildman–Crippen LogP) is 4.18. The highest BCUT2D eigenvalue weighted by atomic mass is 14.0. The molecule has 1 aliphatic carbocycles. The molecule has 0 aliphatic heterocycles. The maximum atomic E-state index is 4.06. The number of allylic oxidation sites excluding steroid dienone is 7. The third kappa shape index (κ3) is 3.06. The zero-order chi connectivity index (χ0) is 9.68. The Morgan fingerprint density at radius 1 is 1.31 bits per heavy atom. The summed E-state index contributed by atoms with van der Waals surface area (Å²) >= 11 is 0. The zero-order valence-electron chi connectivity index (χ0n) is 8.64. The molecule has 0 aromatic heterocycles. The molecule has 0 bridgehead atoms. The van der Waals surface area contributed by atoms with Crippen molar-refractivity contribution < 1.29 is 0 Å². The van der Waals surface area contributed by atoms with Crippen molar-refractivity contribution in [1.82, 2.24) is 0 Å². The fourth-order valence-corrected chi connectivity index (χ4v) is 1.35. The number of hydrogen-bond acceptors (Lipinski definition) is 0. The average Bonchev–Trinajstić information content (AvgIpc) is 2.11. The van der Waals surface area contributed by atoms with E-state index in [-0.39, 0.29) is 0 Å². The van der Waals surface area contributed by atoms with Crippen molar-refractivity contribution in [2.75, 3.05) is 0 Å². The van der Waals surface area contributed by atoms with Gasteiger partial charge < -0.3 is 0 Å². The van der Waals surface area contributed by atoms with Gasteiger partial charge in [0, 0.05) is 0 Å². The highest BCUT2D eigenvalue weighted by Gasteiger charge is 1.99. The molecule has 1 rings (SSSR count). The molecule has 0 atom stereocenters. The van der Waals surface area contributed by atoms with Crippen LogP contribution >= 0.6 is 0 Å². The summed E-state index contributed by atoms with van der Waals surface area (Å²) < 4.78 is 0. The monoisotopic (exact) mass is 174 g/mol. The molecule has 0 heterocycles. The predicted molar refractivity (Wildman–Crippen MR) is 59.6 cm³/mol. The van der Waals surface area contributed by atoms with Crippen molar-refractivity contribution in [3.63, 3.8) is 0 Å². The second kappa shape index (κ2) is 4.86. The molecule has 0 nitrogen and oxygen atoms in total. The maximum absolute atomic E-state index is 4.06. The molecule has 0 saturated heterocycles. The average molecular weight is 174 g/mol. The lowest BCUT2D eigenvalue weighted by Crippen LogP contribution is -1.88. The van der Waals surface area contributed by atoms with Crippen molar-refractivity contribution in [3.8, 4) is 0 Å². The Morgan fingerprint density at radius 3 is 2.69 bits per heavy atom. The largest absolute Gasteiger partial charge is 0.0956 e. The van der Waals surface area contributed by atoms with Crippen LogP contribution in [0.5, 0.6) is 0 Å². The van der Waals surface area contributed by atoms with E-state index in [1.54, 1.807) is 0 Å². The number of rotatable bonds is 2. The Morgan fingerprint density at radius 2 is 2.00 bits per heavy atom. The second-order valence-electron chi connectivity index (χ2n) is 3.54. The topological polar surface area (TPSA) is 0 Å². The second-order valence-corrected chi connectivity index (χ2v) is 3.54. The van der Waals surface area contributed by atoms with Gasteiger partial charge in [0.1, 0.15) is 0 Å². The van der Waals surface area contributed by atoms with Gasteiger partial charge in [-0.15, -0.1) is 0 Å². The van der Waals surface area contributed by atoms with E-state index in [4.69, 9.17) is 0 Å². The molecule has 1 aliphatic rings. The van der Waals surface area contributed by atoms with Gasteiger partial charge in [0.15, 0.2) is 0 Å². The fraction of sp³-hybridized carbons (Fsp3) is 0.385. The Bertz CT molecular complexity index is 274. The summed E-state index contributed by atoms with van der Waals surface area (Å²) in [6, 6.07) is 0. The molecule has 0 spiro atoms. The first kappa shape index (κ1) is 10.0. The minimum Gasteiger partial charge on any atom is -0.0956 e. The van der Waals surface area contributed by atoms with E-state index in [0.29, 0.717) is 0 Å². The summed E-state index contributed by atoms with van der Waals surface area (Å²) in [4.78, 5) is 0. The van der Waals surface area contributed by atoms with Gasteiger partial charge in [-0.25, -0.2) is 0 Å². The molecule has 0 radical (unpaired) electrons. The first-order chi connectivity index (χ1) is 6.24. The van der Waals surface area contributed by atoms with Crippen LogP contribution in [0.1, 0.15) is 33.1 Å². The molecular weight excluding hydrogens is 156 g/mol. The van der Waals surface area contributed by atoms with Gasteiger partial charge >= 0.3 is 0 Å². The van der Waals surface area contributed by atoms with Gasteiger partial charge in [-0.05, 0) is 31.8 Å². The van der Waals surface area contributed by atoms with E-state index in [1.807, 2.05) is 0 Å². The highest BCUT2D eigenvalue weighted by Crippen LogP contribution is 2.19. The standard InChI is InChI=1S/C13H18/c1-4-12(3)13-8-6-5-7-11(2)9-10-13/h5-6,9-10H,3-4,7-8H2,1-2H3/b6-5-,11-9-,13-10+. The van der Waals surface area contributed by atoms with Crippen LogP contribution in [0.2, 0.25) is 0 Å². The third-order valence-corrected chi connectivity index (χ3v) is 2.39. The van der Waals surface area contributed by atoms with Gasteiger partial charge in [0.05, 0.1) is 0 Å². The third-order valence-electron chi connectivity index (χ3n) is 2.39. The van der Waals surface area contributed by atoms with Crippen LogP contribution in [0.25, 0.3) is 0 Å². The maximum Gasteiger partial charge on any atom is -0.00948 e. The van der Waals surface area contributed by atoms with Crippen molar-refractivity contribution >= 4 is 0 Å². The molecule has 0 N–H and O–H groups in total. The number of hydrogen-bond donors (Lipinski definition) is 0. The Labute approximate surface area is 81.4 Å². The zero-order valence-corrected chi connectivity index (χ0v) is 8.64. The van der Waals surface area contributed by atoms with Crippen LogP contribution in [0.15, 0.2) is 47.6 Å². The Balaban J connectivity index is 2.83. The van der Waals surface area contributed by atoms with Gasteiger partial charge in [-0.1, -0.05) is 49.0 Å². The van der Waals surface area contributed by atoms with Gasteiger partial charge in [-0.3, -0.25) is 0 Å². The summed E-state index contributed by atoms with van der Waals surface area (Å²) in [7, 11) is 0. The van der Waals surface area contributed by atoms with Crippen molar-refractivity contribution in [1.29, 1.82) is 0 Å². The molecule has 0 aromatic carbocycles. The lowest BCUT2D eigenvalue weighted by molar-refractivity contribution is 1.06. The summed E-state index contributed by atoms with van der Waals surface area (Å²) in [6.07, 6.45) is 12.1. The van der Waals surface area contributed by atoms with Gasteiger partial charge in [-0.2, -0.15) is 0 Å². The van der Waals surface area contributed by atoms with Crippen LogP contribution in [-0.2, 0) is 0 Å². The van der Waals surface area contributed by atoms with Crippen LogP contribution in [0, 0.1) is 0 Å². The minimum absolute atomic E-state index is 1.04. The minimum atomic E-state index is 1.04. The van der Waals surface area contributed by atoms with Crippen LogP contribution < -0.4 is 0 Å². The van der Waals surface area contributed by atoms with Crippen LogP contribution in [-0.4, -0.2) is 0 Å². The normalized spacial score (nSPS) is 27.5. The Kier molecular flexibility index (Phi) is 3.75. The summed E-state index contributed by atoms with van der Waals surface area (Å²) in [5.41, 5.74) is 4.05. The molecular formula is C13H18. The Hall–Kier alpha value is -1.04. The fourth-order valence-electron chi connectivity index (χ4n) is 1.35. The first-order valence-corrected chi connectivity index (χ1v) is 4.93. The SMILES string of the molecule is C=C(CC)/C1=C/C=C(/C)C/C=C\C1. The summed E-state index contributed by atoms with van der Waals surface area (Å²) in [5, 5.41) is 0.